The minimum atomic E-state index is -0.935. The third-order valence-corrected chi connectivity index (χ3v) is 4.82. The van der Waals surface area contributed by atoms with Crippen LogP contribution in [0.4, 0.5) is 0 Å². The van der Waals surface area contributed by atoms with Crippen LogP contribution in [-0.2, 0) is 16.0 Å². The molecule has 1 heterocycles. The van der Waals surface area contributed by atoms with Gasteiger partial charge >= 0.3 is 5.97 Å². The van der Waals surface area contributed by atoms with E-state index in [0.29, 0.717) is 6.42 Å². The van der Waals surface area contributed by atoms with Crippen LogP contribution in [-0.4, -0.2) is 41.2 Å². The SMILES string of the molecule is C=C(C)[C@@H](Cc1ccccc1)[C@H](C)OC(=O)C(C)NC(=O)c1nccc(OC)c1O. The quantitative estimate of drug-likeness (QED) is 0.485. The highest BCUT2D eigenvalue weighted by atomic mass is 16.5. The minimum absolute atomic E-state index is 0.0663. The summed E-state index contributed by atoms with van der Waals surface area (Å²) in [6, 6.07) is 10.4. The molecule has 0 aliphatic heterocycles. The summed E-state index contributed by atoms with van der Waals surface area (Å²) in [6.07, 6.45) is 1.59. The molecule has 7 heteroatoms. The number of carbonyl (C=O) groups is 2. The maximum Gasteiger partial charge on any atom is 0.328 e. The molecular weight excluding hydrogens is 384 g/mol. The molecule has 160 valence electrons. The molecule has 1 amide bonds. The summed E-state index contributed by atoms with van der Waals surface area (Å²) in [4.78, 5) is 28.8. The number of ether oxygens (including phenoxy) is 2. The molecular formula is C23H28N2O5. The van der Waals surface area contributed by atoms with Crippen LogP contribution in [0.3, 0.4) is 0 Å². The van der Waals surface area contributed by atoms with Gasteiger partial charge < -0.3 is 19.9 Å². The van der Waals surface area contributed by atoms with Crippen molar-refractivity contribution in [3.05, 3.63) is 66.0 Å². The zero-order valence-electron chi connectivity index (χ0n) is 17.7. The van der Waals surface area contributed by atoms with Crippen LogP contribution < -0.4 is 10.1 Å². The molecule has 0 saturated heterocycles. The molecule has 7 nitrogen and oxygen atoms in total. The zero-order valence-corrected chi connectivity index (χ0v) is 17.7. The molecule has 0 aliphatic carbocycles. The van der Waals surface area contributed by atoms with Gasteiger partial charge in [0.25, 0.3) is 5.91 Å². The van der Waals surface area contributed by atoms with E-state index in [-0.39, 0.29) is 17.4 Å². The molecule has 0 aliphatic rings. The van der Waals surface area contributed by atoms with E-state index < -0.39 is 29.8 Å². The molecule has 0 radical (unpaired) electrons. The van der Waals surface area contributed by atoms with Crippen LogP contribution in [0.1, 0.15) is 36.8 Å². The van der Waals surface area contributed by atoms with Crippen molar-refractivity contribution < 1.29 is 24.2 Å². The van der Waals surface area contributed by atoms with Gasteiger partial charge in [0, 0.05) is 18.2 Å². The van der Waals surface area contributed by atoms with Crippen LogP contribution in [0, 0.1) is 5.92 Å². The molecule has 3 atom stereocenters. The average Bonchev–Trinajstić information content (AvgIpc) is 2.72. The summed E-state index contributed by atoms with van der Waals surface area (Å²) in [5.74, 6) is -1.63. The van der Waals surface area contributed by atoms with Gasteiger partial charge in [0.1, 0.15) is 12.1 Å². The minimum Gasteiger partial charge on any atom is -0.503 e. The first-order chi connectivity index (χ1) is 14.2. The number of benzene rings is 1. The van der Waals surface area contributed by atoms with Crippen LogP contribution in [0.5, 0.6) is 11.5 Å². The first kappa shape index (κ1) is 22.9. The van der Waals surface area contributed by atoms with Crippen molar-refractivity contribution in [2.45, 2.75) is 39.3 Å². The molecule has 30 heavy (non-hydrogen) atoms. The van der Waals surface area contributed by atoms with Crippen LogP contribution in [0.15, 0.2) is 54.7 Å². The second kappa shape index (κ2) is 10.4. The van der Waals surface area contributed by atoms with Gasteiger partial charge in [0.05, 0.1) is 7.11 Å². The number of esters is 1. The number of nitrogens with zero attached hydrogens (tertiary/aromatic N) is 1. The molecule has 0 spiro atoms. The summed E-state index contributed by atoms with van der Waals surface area (Å²) in [6.45, 7) is 9.25. The van der Waals surface area contributed by atoms with Crippen molar-refractivity contribution in [1.29, 1.82) is 0 Å². The first-order valence-electron chi connectivity index (χ1n) is 9.67. The van der Waals surface area contributed by atoms with E-state index in [1.807, 2.05) is 44.2 Å². The summed E-state index contributed by atoms with van der Waals surface area (Å²) in [5, 5.41) is 12.6. The fourth-order valence-corrected chi connectivity index (χ4v) is 3.07. The van der Waals surface area contributed by atoms with Gasteiger partial charge in [-0.2, -0.15) is 0 Å². The Balaban J connectivity index is 2.01. The van der Waals surface area contributed by atoms with Gasteiger partial charge in [0.15, 0.2) is 17.2 Å². The predicted octanol–water partition coefficient (Wildman–Crippen LogP) is 3.28. The summed E-state index contributed by atoms with van der Waals surface area (Å²) in [7, 11) is 1.37. The molecule has 1 unspecified atom stereocenters. The molecule has 1 aromatic heterocycles. The highest BCUT2D eigenvalue weighted by Crippen LogP contribution is 2.27. The Kier molecular flexibility index (Phi) is 7.98. The normalized spacial score (nSPS) is 13.6. The highest BCUT2D eigenvalue weighted by molar-refractivity contribution is 5.97. The fourth-order valence-electron chi connectivity index (χ4n) is 3.07. The summed E-state index contributed by atoms with van der Waals surface area (Å²) < 4.78 is 10.6. The predicted molar refractivity (Wildman–Crippen MR) is 113 cm³/mol. The van der Waals surface area contributed by atoms with E-state index in [2.05, 4.69) is 16.9 Å². The third kappa shape index (κ3) is 5.83. The van der Waals surface area contributed by atoms with Gasteiger partial charge in [-0.1, -0.05) is 42.5 Å². The van der Waals surface area contributed by atoms with Gasteiger partial charge in [-0.05, 0) is 32.8 Å². The van der Waals surface area contributed by atoms with Crippen molar-refractivity contribution in [1.82, 2.24) is 10.3 Å². The maximum absolute atomic E-state index is 12.5. The zero-order chi connectivity index (χ0) is 22.3. The highest BCUT2D eigenvalue weighted by Gasteiger charge is 2.27. The number of pyridine rings is 1. The Morgan fingerprint density at radius 2 is 1.87 bits per heavy atom. The number of carbonyl (C=O) groups excluding carboxylic acids is 2. The van der Waals surface area contributed by atoms with E-state index in [4.69, 9.17) is 9.47 Å². The monoisotopic (exact) mass is 412 g/mol. The third-order valence-electron chi connectivity index (χ3n) is 4.82. The van der Waals surface area contributed by atoms with Crippen molar-refractivity contribution in [3.8, 4) is 11.5 Å². The lowest BCUT2D eigenvalue weighted by atomic mass is 9.89. The smallest absolute Gasteiger partial charge is 0.328 e. The summed E-state index contributed by atoms with van der Waals surface area (Å²) in [5.41, 5.74) is 1.79. The van der Waals surface area contributed by atoms with Crippen molar-refractivity contribution in [2.24, 2.45) is 5.92 Å². The number of rotatable bonds is 9. The standard InChI is InChI=1S/C23H28N2O5/c1-14(2)18(13-17-9-7-6-8-10-17)16(4)30-23(28)15(3)25-22(27)20-21(26)19(29-5)11-12-24-20/h6-12,15-16,18,26H,1,13H2,2-5H3,(H,25,27)/t15?,16-,18+/m0/s1. The number of aromatic nitrogens is 1. The lowest BCUT2D eigenvalue weighted by Crippen LogP contribution is -2.42. The van der Waals surface area contributed by atoms with E-state index in [0.717, 1.165) is 11.1 Å². The van der Waals surface area contributed by atoms with E-state index in [1.54, 1.807) is 0 Å². The molecule has 2 N–H and O–H groups in total. The fraction of sp³-hybridized carbons (Fsp3) is 0.348. The lowest BCUT2D eigenvalue weighted by molar-refractivity contribution is -0.152. The van der Waals surface area contributed by atoms with Crippen molar-refractivity contribution in [2.75, 3.05) is 7.11 Å². The maximum atomic E-state index is 12.5. The Morgan fingerprint density at radius 1 is 1.20 bits per heavy atom. The van der Waals surface area contributed by atoms with E-state index in [1.165, 1.54) is 26.3 Å². The van der Waals surface area contributed by atoms with Crippen molar-refractivity contribution in [3.63, 3.8) is 0 Å². The van der Waals surface area contributed by atoms with E-state index in [9.17, 15) is 14.7 Å². The Morgan fingerprint density at radius 3 is 2.47 bits per heavy atom. The lowest BCUT2D eigenvalue weighted by Gasteiger charge is -2.26. The largest absolute Gasteiger partial charge is 0.503 e. The van der Waals surface area contributed by atoms with Crippen LogP contribution in [0.25, 0.3) is 0 Å². The molecule has 1 aromatic carbocycles. The second-order valence-corrected chi connectivity index (χ2v) is 7.19. The number of hydrogen-bond donors (Lipinski definition) is 2. The Labute approximate surface area is 176 Å². The average molecular weight is 412 g/mol. The first-order valence-corrected chi connectivity index (χ1v) is 9.67. The van der Waals surface area contributed by atoms with Gasteiger partial charge in [-0.3, -0.25) is 4.79 Å². The van der Waals surface area contributed by atoms with Gasteiger partial charge in [-0.25, -0.2) is 9.78 Å². The molecule has 2 aromatic rings. The molecule has 0 saturated carbocycles. The van der Waals surface area contributed by atoms with Crippen LogP contribution >= 0.6 is 0 Å². The number of methoxy groups -OCH3 is 1. The topological polar surface area (TPSA) is 97.8 Å². The van der Waals surface area contributed by atoms with E-state index >= 15 is 0 Å². The summed E-state index contributed by atoms with van der Waals surface area (Å²) >= 11 is 0. The number of hydrogen-bond acceptors (Lipinski definition) is 6. The van der Waals surface area contributed by atoms with Gasteiger partial charge in [0.2, 0.25) is 0 Å². The Hall–Kier alpha value is -3.35. The Bertz CT molecular complexity index is 898. The van der Waals surface area contributed by atoms with Crippen molar-refractivity contribution >= 4 is 11.9 Å². The number of aromatic hydroxyl groups is 1. The second-order valence-electron chi connectivity index (χ2n) is 7.19. The number of amides is 1. The molecule has 0 fully saturated rings. The van der Waals surface area contributed by atoms with Gasteiger partial charge in [-0.15, -0.1) is 0 Å². The number of nitrogens with one attached hydrogen (secondary N) is 1. The molecule has 2 rings (SSSR count). The molecule has 0 bridgehead atoms. The van der Waals surface area contributed by atoms with Crippen LogP contribution in [0.2, 0.25) is 0 Å².